The zero-order chi connectivity index (χ0) is 19.4. The summed E-state index contributed by atoms with van der Waals surface area (Å²) in [7, 11) is 0. The molecule has 0 aliphatic carbocycles. The number of amides is 1. The van der Waals surface area contributed by atoms with Crippen molar-refractivity contribution < 1.29 is 4.79 Å². The summed E-state index contributed by atoms with van der Waals surface area (Å²) >= 11 is 0. The molecule has 2 atom stereocenters. The minimum atomic E-state index is -0.540. The summed E-state index contributed by atoms with van der Waals surface area (Å²) < 4.78 is 0. The molecule has 132 valence electrons. The highest BCUT2D eigenvalue weighted by Crippen LogP contribution is 2.38. The van der Waals surface area contributed by atoms with Crippen LogP contribution in [0.3, 0.4) is 0 Å². The van der Waals surface area contributed by atoms with Gasteiger partial charge in [-0.25, -0.2) is 0 Å². The van der Waals surface area contributed by atoms with Crippen molar-refractivity contribution in [2.24, 2.45) is 10.9 Å². The number of benzene rings is 1. The third-order valence-corrected chi connectivity index (χ3v) is 4.53. The van der Waals surface area contributed by atoms with Crippen LogP contribution in [-0.2, 0) is 0 Å². The second-order valence-corrected chi connectivity index (χ2v) is 6.26. The standard InChI is InChI=1S/C21H17N5O/c1-13-18(11-22)20(19(12-23)14(2)25-13)15-4-3-5-16(10-15)21(27)26-17-6-8-24-9-7-17/h3-10,18,20H,1-2H3,(H,24,26,27). The number of aromatic nitrogens is 1. The molecule has 0 radical (unpaired) electrons. The average molecular weight is 355 g/mol. The summed E-state index contributed by atoms with van der Waals surface area (Å²) in [5.41, 5.74) is 3.58. The van der Waals surface area contributed by atoms with E-state index in [9.17, 15) is 15.3 Å². The zero-order valence-corrected chi connectivity index (χ0v) is 15.0. The van der Waals surface area contributed by atoms with Crippen molar-refractivity contribution >= 4 is 17.3 Å². The van der Waals surface area contributed by atoms with Gasteiger partial charge in [0.15, 0.2) is 0 Å². The molecule has 2 heterocycles. The maximum absolute atomic E-state index is 12.6. The summed E-state index contributed by atoms with van der Waals surface area (Å²) in [6.07, 6.45) is 3.20. The van der Waals surface area contributed by atoms with Crippen LogP contribution in [-0.4, -0.2) is 16.6 Å². The zero-order valence-electron chi connectivity index (χ0n) is 15.0. The number of aliphatic imine (C=N–C) groups is 1. The lowest BCUT2D eigenvalue weighted by Gasteiger charge is -2.27. The molecule has 6 heteroatoms. The van der Waals surface area contributed by atoms with Gasteiger partial charge in [0.2, 0.25) is 0 Å². The lowest BCUT2D eigenvalue weighted by Crippen LogP contribution is -2.25. The summed E-state index contributed by atoms with van der Waals surface area (Å²) in [6.45, 7) is 3.56. The van der Waals surface area contributed by atoms with E-state index in [2.05, 4.69) is 27.4 Å². The molecule has 2 aromatic rings. The minimum Gasteiger partial charge on any atom is -0.322 e. The molecule has 0 saturated heterocycles. The Labute approximate surface area is 157 Å². The highest BCUT2D eigenvalue weighted by Gasteiger charge is 2.34. The van der Waals surface area contributed by atoms with Crippen LogP contribution in [0.4, 0.5) is 5.69 Å². The fourth-order valence-electron chi connectivity index (χ4n) is 3.22. The summed E-state index contributed by atoms with van der Waals surface area (Å²) in [6, 6.07) is 14.9. The maximum atomic E-state index is 12.6. The van der Waals surface area contributed by atoms with Crippen LogP contribution in [0.15, 0.2) is 65.1 Å². The van der Waals surface area contributed by atoms with Gasteiger partial charge in [0.25, 0.3) is 5.91 Å². The first kappa shape index (κ1) is 18.0. The fourth-order valence-corrected chi connectivity index (χ4v) is 3.22. The topological polar surface area (TPSA) is 102 Å². The quantitative estimate of drug-likeness (QED) is 0.904. The van der Waals surface area contributed by atoms with Crippen molar-refractivity contribution in [3.8, 4) is 12.1 Å². The Hall–Kier alpha value is -3.77. The van der Waals surface area contributed by atoms with E-state index in [4.69, 9.17) is 0 Å². The molecule has 1 amide bonds. The van der Waals surface area contributed by atoms with Gasteiger partial charge in [-0.3, -0.25) is 14.8 Å². The predicted octanol–water partition coefficient (Wildman–Crippen LogP) is 3.83. The Morgan fingerprint density at radius 1 is 1.15 bits per heavy atom. The number of allylic oxidation sites excluding steroid dienone is 2. The summed E-state index contributed by atoms with van der Waals surface area (Å²) in [5.74, 6) is -1.25. The van der Waals surface area contributed by atoms with Gasteiger partial charge < -0.3 is 5.32 Å². The normalized spacial score (nSPS) is 18.9. The number of nitrogens with zero attached hydrogens (tertiary/aromatic N) is 4. The third kappa shape index (κ3) is 3.61. The van der Waals surface area contributed by atoms with E-state index in [1.807, 2.05) is 6.07 Å². The number of carbonyl (C=O) groups excluding carboxylic acids is 1. The number of nitriles is 2. The van der Waals surface area contributed by atoms with Crippen LogP contribution in [0.2, 0.25) is 0 Å². The SMILES string of the molecule is CC1=NC(C)=C(C#N)C(c2cccc(C(=O)Nc3ccncc3)c2)C1C#N. The van der Waals surface area contributed by atoms with E-state index >= 15 is 0 Å². The van der Waals surface area contributed by atoms with E-state index in [0.29, 0.717) is 28.2 Å². The predicted molar refractivity (Wildman–Crippen MR) is 102 cm³/mol. The Morgan fingerprint density at radius 2 is 1.89 bits per heavy atom. The Kier molecular flexibility index (Phi) is 5.10. The molecular formula is C21H17N5O. The molecule has 0 saturated carbocycles. The van der Waals surface area contributed by atoms with Gasteiger partial charge in [-0.2, -0.15) is 10.5 Å². The highest BCUT2D eigenvalue weighted by molar-refractivity contribution is 6.04. The second-order valence-electron chi connectivity index (χ2n) is 6.26. The Morgan fingerprint density at radius 3 is 2.56 bits per heavy atom. The number of nitrogens with one attached hydrogen (secondary N) is 1. The molecule has 27 heavy (non-hydrogen) atoms. The summed E-state index contributed by atoms with van der Waals surface area (Å²) in [4.78, 5) is 20.8. The van der Waals surface area contributed by atoms with Gasteiger partial charge in [-0.05, 0) is 43.7 Å². The van der Waals surface area contributed by atoms with Crippen molar-refractivity contribution in [2.75, 3.05) is 5.32 Å². The maximum Gasteiger partial charge on any atom is 0.255 e. The first-order valence-corrected chi connectivity index (χ1v) is 8.42. The van der Waals surface area contributed by atoms with Gasteiger partial charge >= 0.3 is 0 Å². The summed E-state index contributed by atoms with van der Waals surface area (Å²) in [5, 5.41) is 22.0. The van der Waals surface area contributed by atoms with E-state index in [-0.39, 0.29) is 5.91 Å². The molecule has 1 aromatic carbocycles. The number of rotatable bonds is 3. The van der Waals surface area contributed by atoms with Crippen LogP contribution in [0.5, 0.6) is 0 Å². The van der Waals surface area contributed by atoms with E-state index in [1.165, 1.54) is 0 Å². The minimum absolute atomic E-state index is 0.267. The van der Waals surface area contributed by atoms with E-state index in [0.717, 1.165) is 5.56 Å². The van der Waals surface area contributed by atoms with E-state index < -0.39 is 11.8 Å². The van der Waals surface area contributed by atoms with Crippen LogP contribution < -0.4 is 5.32 Å². The average Bonchev–Trinajstić information content (AvgIpc) is 2.68. The molecule has 1 aliphatic heterocycles. The van der Waals surface area contributed by atoms with Crippen molar-refractivity contribution in [2.45, 2.75) is 19.8 Å². The van der Waals surface area contributed by atoms with Crippen LogP contribution >= 0.6 is 0 Å². The molecule has 1 N–H and O–H groups in total. The largest absolute Gasteiger partial charge is 0.322 e. The third-order valence-electron chi connectivity index (χ3n) is 4.53. The number of hydrogen-bond acceptors (Lipinski definition) is 5. The second kappa shape index (κ2) is 7.63. The molecule has 0 fully saturated rings. The van der Waals surface area contributed by atoms with Gasteiger partial charge in [-0.15, -0.1) is 0 Å². The first-order valence-electron chi connectivity index (χ1n) is 8.42. The van der Waals surface area contributed by atoms with Crippen molar-refractivity contribution in [3.05, 3.63) is 71.2 Å². The van der Waals surface area contributed by atoms with E-state index in [1.54, 1.807) is 56.6 Å². The van der Waals surface area contributed by atoms with Crippen LogP contribution in [0, 0.1) is 28.6 Å². The Bertz CT molecular complexity index is 1020. The molecule has 0 spiro atoms. The molecule has 6 nitrogen and oxygen atoms in total. The number of carbonyl (C=O) groups is 1. The highest BCUT2D eigenvalue weighted by atomic mass is 16.1. The van der Waals surface area contributed by atoms with Gasteiger partial charge in [-0.1, -0.05) is 12.1 Å². The molecule has 0 bridgehead atoms. The number of pyridine rings is 1. The monoisotopic (exact) mass is 355 g/mol. The van der Waals surface area contributed by atoms with Gasteiger partial charge in [0.05, 0.1) is 29.3 Å². The molecule has 1 aromatic heterocycles. The van der Waals surface area contributed by atoms with Crippen molar-refractivity contribution in [3.63, 3.8) is 0 Å². The van der Waals surface area contributed by atoms with Crippen molar-refractivity contribution in [1.29, 1.82) is 10.5 Å². The Balaban J connectivity index is 1.97. The number of anilines is 1. The van der Waals surface area contributed by atoms with Crippen molar-refractivity contribution in [1.82, 2.24) is 4.98 Å². The molecule has 1 aliphatic rings. The fraction of sp³-hybridized carbons (Fsp3) is 0.190. The molecule has 3 rings (SSSR count). The van der Waals surface area contributed by atoms with Crippen LogP contribution in [0.25, 0.3) is 0 Å². The first-order chi connectivity index (χ1) is 13.0. The number of hydrogen-bond donors (Lipinski definition) is 1. The van der Waals surface area contributed by atoms with Gasteiger partial charge in [0, 0.05) is 35.3 Å². The van der Waals surface area contributed by atoms with Gasteiger partial charge in [0.1, 0.15) is 0 Å². The smallest absolute Gasteiger partial charge is 0.255 e. The lowest BCUT2D eigenvalue weighted by molar-refractivity contribution is 0.102. The van der Waals surface area contributed by atoms with Crippen LogP contribution in [0.1, 0.15) is 35.7 Å². The molecular weight excluding hydrogens is 338 g/mol. The molecule has 2 unspecified atom stereocenters. The lowest BCUT2D eigenvalue weighted by atomic mass is 9.76.